The molecule has 1 aliphatic rings. The number of fused-ring (bicyclic) bond motifs is 1. The third kappa shape index (κ3) is 4.65. The highest BCUT2D eigenvalue weighted by molar-refractivity contribution is 9.10. The van der Waals surface area contributed by atoms with Crippen molar-refractivity contribution in [3.05, 3.63) is 70.5 Å². The third-order valence-corrected chi connectivity index (χ3v) is 5.51. The fourth-order valence-electron chi connectivity index (χ4n) is 3.33. The molecule has 142 valence electrons. The van der Waals surface area contributed by atoms with Gasteiger partial charge in [-0.05, 0) is 60.7 Å². The van der Waals surface area contributed by atoms with Crippen molar-refractivity contribution < 1.29 is 4.74 Å². The van der Waals surface area contributed by atoms with Crippen molar-refractivity contribution in [2.45, 2.75) is 46.5 Å². The predicted molar refractivity (Wildman–Crippen MR) is 119 cm³/mol. The topological polar surface area (TPSA) is 12.5 Å². The van der Waals surface area contributed by atoms with Gasteiger partial charge in [0.1, 0.15) is 0 Å². The minimum absolute atomic E-state index is 0.948. The molecule has 0 atom stereocenters. The smallest absolute Gasteiger partial charge is 0.200 e. The minimum atomic E-state index is 0.948. The van der Waals surface area contributed by atoms with E-state index in [0.29, 0.717) is 0 Å². The molecule has 0 fully saturated rings. The van der Waals surface area contributed by atoms with E-state index < -0.39 is 0 Å². The molecule has 0 saturated carbocycles. The first-order chi connectivity index (χ1) is 13.2. The van der Waals surface area contributed by atoms with E-state index in [4.69, 9.17) is 4.74 Å². The van der Waals surface area contributed by atoms with Crippen LogP contribution in [-0.2, 0) is 0 Å². The van der Waals surface area contributed by atoms with Crippen molar-refractivity contribution in [2.24, 2.45) is 0 Å². The lowest BCUT2D eigenvalue weighted by atomic mass is 10.0. The normalized spacial score (nSPS) is 15.2. The predicted octanol–water partition coefficient (Wildman–Crippen LogP) is 7.70. The van der Waals surface area contributed by atoms with Crippen molar-refractivity contribution >= 4 is 21.6 Å². The number of hydrogen-bond donors (Lipinski definition) is 0. The van der Waals surface area contributed by atoms with Crippen LogP contribution in [0.2, 0.25) is 0 Å². The van der Waals surface area contributed by atoms with Gasteiger partial charge in [-0.15, -0.1) is 0 Å². The average molecular weight is 426 g/mol. The molecule has 1 aliphatic heterocycles. The van der Waals surface area contributed by atoms with Crippen LogP contribution < -0.4 is 9.64 Å². The Kier molecular flexibility index (Phi) is 6.78. The number of hydrogen-bond acceptors (Lipinski definition) is 2. The highest BCUT2D eigenvalue weighted by atomic mass is 79.9. The summed E-state index contributed by atoms with van der Waals surface area (Å²) in [5.41, 5.74) is 4.90. The second-order valence-electron chi connectivity index (χ2n) is 6.85. The molecule has 0 saturated heterocycles. The maximum Gasteiger partial charge on any atom is 0.200 e. The number of halogens is 1. The van der Waals surface area contributed by atoms with Gasteiger partial charge in [0.15, 0.2) is 5.75 Å². The molecule has 3 rings (SSSR count). The summed E-state index contributed by atoms with van der Waals surface area (Å²) in [6.45, 7) is 7.50. The average Bonchev–Trinajstić information content (AvgIpc) is 3.03. The molecule has 0 aromatic heterocycles. The Bertz CT molecular complexity index is 836. The largest absolute Gasteiger partial charge is 0.439 e. The van der Waals surface area contributed by atoms with Gasteiger partial charge in [0.25, 0.3) is 0 Å². The summed E-state index contributed by atoms with van der Waals surface area (Å²) >= 11 is 3.52. The van der Waals surface area contributed by atoms with Crippen molar-refractivity contribution in [1.29, 1.82) is 0 Å². The third-order valence-electron chi connectivity index (χ3n) is 4.98. The summed E-state index contributed by atoms with van der Waals surface area (Å²) in [5, 5.41) is 0. The van der Waals surface area contributed by atoms with E-state index in [1.165, 1.54) is 35.2 Å². The lowest BCUT2D eigenvalue weighted by molar-refractivity contribution is 0.436. The number of unbranched alkanes of at least 4 members (excludes halogenated alkanes) is 2. The highest BCUT2D eigenvalue weighted by Gasteiger charge is 2.26. The van der Waals surface area contributed by atoms with E-state index in [0.717, 1.165) is 35.5 Å². The van der Waals surface area contributed by atoms with Crippen LogP contribution in [-0.4, -0.2) is 6.54 Å². The molecule has 2 aromatic rings. The second-order valence-corrected chi connectivity index (χ2v) is 7.77. The molecule has 0 aliphatic carbocycles. The molecule has 0 N–H and O–H groups in total. The van der Waals surface area contributed by atoms with Crippen LogP contribution in [0.1, 0.15) is 46.5 Å². The van der Waals surface area contributed by atoms with Gasteiger partial charge in [-0.1, -0.05) is 66.9 Å². The van der Waals surface area contributed by atoms with Crippen molar-refractivity contribution in [1.82, 2.24) is 0 Å². The first-order valence-electron chi connectivity index (χ1n) is 9.88. The van der Waals surface area contributed by atoms with E-state index in [-0.39, 0.29) is 0 Å². The van der Waals surface area contributed by atoms with Crippen LogP contribution in [0.3, 0.4) is 0 Å². The van der Waals surface area contributed by atoms with Crippen LogP contribution in [0.15, 0.2) is 70.5 Å². The van der Waals surface area contributed by atoms with E-state index in [9.17, 15) is 0 Å². The Hall–Kier alpha value is -2.00. The van der Waals surface area contributed by atoms with Gasteiger partial charge in [0.05, 0.1) is 5.69 Å². The van der Waals surface area contributed by atoms with E-state index in [2.05, 4.69) is 96.2 Å². The zero-order chi connectivity index (χ0) is 19.2. The van der Waals surface area contributed by atoms with Gasteiger partial charge in [0.2, 0.25) is 5.88 Å². The summed E-state index contributed by atoms with van der Waals surface area (Å²) in [4.78, 5) is 2.34. The fourth-order valence-corrected chi connectivity index (χ4v) is 3.59. The van der Waals surface area contributed by atoms with Crippen LogP contribution in [0.25, 0.3) is 11.1 Å². The van der Waals surface area contributed by atoms with Crippen molar-refractivity contribution in [3.63, 3.8) is 0 Å². The number of rotatable bonds is 7. The van der Waals surface area contributed by atoms with Gasteiger partial charge in [-0.25, -0.2) is 0 Å². The number of anilines is 1. The summed E-state index contributed by atoms with van der Waals surface area (Å²) in [6, 6.07) is 15.0. The zero-order valence-corrected chi connectivity index (χ0v) is 18.1. The molecule has 0 bridgehead atoms. The Balaban J connectivity index is 1.96. The summed E-state index contributed by atoms with van der Waals surface area (Å²) < 4.78 is 7.33. The summed E-state index contributed by atoms with van der Waals surface area (Å²) in [6.07, 6.45) is 8.97. The van der Waals surface area contributed by atoms with Crippen molar-refractivity contribution in [3.8, 4) is 16.9 Å². The monoisotopic (exact) mass is 425 g/mol. The van der Waals surface area contributed by atoms with Crippen LogP contribution in [0.4, 0.5) is 5.69 Å². The number of benzene rings is 2. The van der Waals surface area contributed by atoms with Gasteiger partial charge < -0.3 is 9.64 Å². The van der Waals surface area contributed by atoms with Gasteiger partial charge >= 0.3 is 0 Å². The number of allylic oxidation sites excluding steroid dienone is 3. The standard InChI is InChI=1S/C24H28BrNO/c1-4-7-8-15-26-22-17-20(19-9-12-21(25)13-10-19)11-14-23(22)27-24(26)16-18(5-2)6-3/h5,9-14,16-17H,4,6-8,15H2,1-3H3/b18-5+,24-16-. The number of ether oxygens (including phenoxy) is 1. The maximum absolute atomic E-state index is 6.23. The SMILES string of the molecule is C/C=C(/C=C1\Oc2ccc(-c3ccc(Br)cc3)cc2N1CCCCC)CC. The highest BCUT2D eigenvalue weighted by Crippen LogP contribution is 2.42. The Morgan fingerprint density at radius 3 is 2.44 bits per heavy atom. The number of nitrogens with zero attached hydrogens (tertiary/aromatic N) is 1. The Morgan fingerprint density at radius 2 is 1.78 bits per heavy atom. The lowest BCUT2D eigenvalue weighted by Crippen LogP contribution is -2.21. The molecular formula is C24H28BrNO. The van der Waals surface area contributed by atoms with Crippen LogP contribution >= 0.6 is 15.9 Å². The Labute approximate surface area is 171 Å². The second kappa shape index (κ2) is 9.27. The van der Waals surface area contributed by atoms with Gasteiger partial charge in [-0.3, -0.25) is 0 Å². The fraction of sp³-hybridized carbons (Fsp3) is 0.333. The molecule has 2 aromatic carbocycles. The molecule has 27 heavy (non-hydrogen) atoms. The quantitative estimate of drug-likeness (QED) is 0.421. The van der Waals surface area contributed by atoms with Crippen LogP contribution in [0, 0.1) is 0 Å². The van der Waals surface area contributed by atoms with Crippen LogP contribution in [0.5, 0.6) is 5.75 Å². The molecule has 1 heterocycles. The van der Waals surface area contributed by atoms with Gasteiger partial charge in [-0.2, -0.15) is 0 Å². The minimum Gasteiger partial charge on any atom is -0.439 e. The van der Waals surface area contributed by atoms with E-state index >= 15 is 0 Å². The molecule has 0 spiro atoms. The summed E-state index contributed by atoms with van der Waals surface area (Å²) in [7, 11) is 0. The zero-order valence-electron chi connectivity index (χ0n) is 16.5. The molecule has 0 unspecified atom stereocenters. The van der Waals surface area contributed by atoms with E-state index in [1.807, 2.05) is 0 Å². The molecule has 2 nitrogen and oxygen atoms in total. The van der Waals surface area contributed by atoms with E-state index in [1.54, 1.807) is 0 Å². The molecular weight excluding hydrogens is 398 g/mol. The maximum atomic E-state index is 6.23. The first kappa shape index (κ1) is 19.8. The lowest BCUT2D eigenvalue weighted by Gasteiger charge is -2.19. The molecule has 0 amide bonds. The molecule has 0 radical (unpaired) electrons. The molecule has 3 heteroatoms. The summed E-state index contributed by atoms with van der Waals surface area (Å²) in [5.74, 6) is 1.90. The Morgan fingerprint density at radius 1 is 1.04 bits per heavy atom. The van der Waals surface area contributed by atoms with Crippen molar-refractivity contribution in [2.75, 3.05) is 11.4 Å². The van der Waals surface area contributed by atoms with Gasteiger partial charge in [0, 0.05) is 17.1 Å². The first-order valence-corrected chi connectivity index (χ1v) is 10.7.